The molecule has 0 atom stereocenters. The number of aromatic nitrogens is 2. The van der Waals surface area contributed by atoms with Gasteiger partial charge in [-0.05, 0) is 59.5 Å². The van der Waals surface area contributed by atoms with E-state index in [4.69, 9.17) is 4.74 Å². The first kappa shape index (κ1) is 32.4. The Morgan fingerprint density at radius 2 is 1.65 bits per heavy atom. The SMILES string of the molecule is CCCN(Cc1ccc(-c2cc3nccc(Oc4ccc(CC(=O)Cc5cccc(C(=O)N(C)C)c5)cc4F)c3s2)nc1)C(C)=O. The van der Waals surface area contributed by atoms with E-state index in [1.54, 1.807) is 74.7 Å². The van der Waals surface area contributed by atoms with Gasteiger partial charge >= 0.3 is 0 Å². The number of benzene rings is 2. The first-order valence-electron chi connectivity index (χ1n) is 15.0. The average molecular weight is 639 g/mol. The van der Waals surface area contributed by atoms with Crippen LogP contribution in [0.1, 0.15) is 47.3 Å². The molecule has 10 heteroatoms. The number of ether oxygens (including phenoxy) is 1. The van der Waals surface area contributed by atoms with Crippen LogP contribution in [-0.4, -0.2) is 58.0 Å². The maximum atomic E-state index is 15.2. The maximum Gasteiger partial charge on any atom is 0.253 e. The Bertz CT molecular complexity index is 1890. The van der Waals surface area contributed by atoms with Crippen molar-refractivity contribution in [2.45, 2.75) is 39.7 Å². The van der Waals surface area contributed by atoms with Crippen molar-refractivity contribution in [2.75, 3.05) is 20.6 Å². The van der Waals surface area contributed by atoms with Gasteiger partial charge in [0.15, 0.2) is 11.6 Å². The zero-order chi connectivity index (χ0) is 32.8. The summed E-state index contributed by atoms with van der Waals surface area (Å²) in [6, 6.07) is 19.0. The van der Waals surface area contributed by atoms with Gasteiger partial charge in [0.25, 0.3) is 5.91 Å². The molecule has 0 spiro atoms. The average Bonchev–Trinajstić information content (AvgIpc) is 3.47. The highest BCUT2D eigenvalue weighted by Gasteiger charge is 2.16. The van der Waals surface area contributed by atoms with Crippen molar-refractivity contribution in [3.05, 3.63) is 107 Å². The van der Waals surface area contributed by atoms with Gasteiger partial charge < -0.3 is 14.5 Å². The lowest BCUT2D eigenvalue weighted by atomic mass is 10.0. The summed E-state index contributed by atoms with van der Waals surface area (Å²) in [7, 11) is 3.35. The van der Waals surface area contributed by atoms with E-state index in [0.29, 0.717) is 35.5 Å². The summed E-state index contributed by atoms with van der Waals surface area (Å²) in [6.07, 6.45) is 4.46. The monoisotopic (exact) mass is 638 g/mol. The fourth-order valence-corrected chi connectivity index (χ4v) is 6.11. The van der Waals surface area contributed by atoms with Gasteiger partial charge in [-0.3, -0.25) is 24.4 Å². The molecule has 0 radical (unpaired) electrons. The molecule has 236 valence electrons. The predicted molar refractivity (Wildman–Crippen MR) is 178 cm³/mol. The number of nitrogens with zero attached hydrogens (tertiary/aromatic N) is 4. The highest BCUT2D eigenvalue weighted by molar-refractivity contribution is 7.22. The van der Waals surface area contributed by atoms with Crippen LogP contribution in [0.5, 0.6) is 11.5 Å². The van der Waals surface area contributed by atoms with E-state index >= 15 is 4.39 Å². The molecule has 46 heavy (non-hydrogen) atoms. The molecular formula is C36H35FN4O4S. The lowest BCUT2D eigenvalue weighted by Gasteiger charge is -2.20. The number of hydrogen-bond acceptors (Lipinski definition) is 7. The zero-order valence-corrected chi connectivity index (χ0v) is 27.1. The van der Waals surface area contributed by atoms with Gasteiger partial charge in [-0.2, -0.15) is 0 Å². The summed E-state index contributed by atoms with van der Waals surface area (Å²) in [4.78, 5) is 50.2. The van der Waals surface area contributed by atoms with Gasteiger partial charge in [-0.15, -0.1) is 11.3 Å². The Morgan fingerprint density at radius 1 is 0.891 bits per heavy atom. The number of pyridine rings is 2. The number of rotatable bonds is 12. The molecule has 3 heterocycles. The van der Waals surface area contributed by atoms with Gasteiger partial charge in [0.1, 0.15) is 11.5 Å². The summed E-state index contributed by atoms with van der Waals surface area (Å²) in [5.74, 6) is -0.272. The lowest BCUT2D eigenvalue weighted by molar-refractivity contribution is -0.129. The molecule has 8 nitrogen and oxygen atoms in total. The van der Waals surface area contributed by atoms with Crippen molar-refractivity contribution in [3.8, 4) is 22.1 Å². The maximum absolute atomic E-state index is 15.2. The van der Waals surface area contributed by atoms with Crippen LogP contribution in [0.15, 0.2) is 79.1 Å². The molecule has 5 aromatic rings. The van der Waals surface area contributed by atoms with Crippen LogP contribution in [0, 0.1) is 5.82 Å². The number of hydrogen-bond donors (Lipinski definition) is 0. The number of fused-ring (bicyclic) bond motifs is 1. The Balaban J connectivity index is 1.26. The molecule has 0 fully saturated rings. The van der Waals surface area contributed by atoms with Crippen LogP contribution in [0.25, 0.3) is 20.8 Å². The predicted octanol–water partition coefficient (Wildman–Crippen LogP) is 7.10. The third kappa shape index (κ3) is 7.81. The number of Topliss-reactive ketones (excluding diaryl/α,β-unsaturated/α-hetero) is 1. The number of halogens is 1. The first-order valence-corrected chi connectivity index (χ1v) is 15.8. The Labute approximate surface area is 271 Å². The smallest absolute Gasteiger partial charge is 0.253 e. The molecule has 0 bridgehead atoms. The van der Waals surface area contributed by atoms with Crippen molar-refractivity contribution in [3.63, 3.8) is 0 Å². The molecule has 3 aromatic heterocycles. The number of thiophene rings is 1. The quantitative estimate of drug-likeness (QED) is 0.145. The van der Waals surface area contributed by atoms with Crippen LogP contribution >= 0.6 is 11.3 Å². The Kier molecular flexibility index (Phi) is 10.2. The van der Waals surface area contributed by atoms with E-state index in [2.05, 4.69) is 9.97 Å². The summed E-state index contributed by atoms with van der Waals surface area (Å²) < 4.78 is 22.0. The van der Waals surface area contributed by atoms with Crippen molar-refractivity contribution >= 4 is 39.2 Å². The van der Waals surface area contributed by atoms with E-state index in [-0.39, 0.29) is 36.2 Å². The van der Waals surface area contributed by atoms with Gasteiger partial charge in [0.05, 0.1) is 20.8 Å². The Morgan fingerprint density at radius 3 is 2.33 bits per heavy atom. The molecule has 0 unspecified atom stereocenters. The number of carbonyl (C=O) groups is 3. The van der Waals surface area contributed by atoms with Gasteiger partial charge in [-0.1, -0.05) is 31.2 Å². The molecule has 2 amide bonds. The van der Waals surface area contributed by atoms with Crippen LogP contribution in [0.4, 0.5) is 4.39 Å². The third-order valence-corrected chi connectivity index (χ3v) is 8.53. The van der Waals surface area contributed by atoms with Crippen molar-refractivity contribution in [2.24, 2.45) is 0 Å². The number of ketones is 1. The topological polar surface area (TPSA) is 92.7 Å². The summed E-state index contributed by atoms with van der Waals surface area (Å²) in [5.41, 5.74) is 4.19. The fourth-order valence-electron chi connectivity index (χ4n) is 5.07. The highest BCUT2D eigenvalue weighted by Crippen LogP contribution is 2.39. The summed E-state index contributed by atoms with van der Waals surface area (Å²) in [6.45, 7) is 4.81. The molecule has 0 saturated heterocycles. The van der Waals surface area contributed by atoms with E-state index in [0.717, 1.165) is 32.8 Å². The van der Waals surface area contributed by atoms with E-state index < -0.39 is 5.82 Å². The van der Waals surface area contributed by atoms with Gasteiger partial charge in [-0.25, -0.2) is 4.39 Å². The summed E-state index contributed by atoms with van der Waals surface area (Å²) >= 11 is 1.45. The minimum Gasteiger partial charge on any atom is -0.453 e. The standard InChI is InChI=1S/C36H35FN4O4S/c1-5-15-41(23(2)42)22-26-9-11-30(39-21-26)34-20-31-35(46-34)33(13-14-38-31)45-32-12-10-25(19-29(32)37)18-28(43)17-24-7-6-8-27(16-24)36(44)40(3)4/h6-14,16,19-21H,5,15,17-18,22H2,1-4H3. The van der Waals surface area contributed by atoms with E-state index in [1.807, 2.05) is 25.1 Å². The van der Waals surface area contributed by atoms with Crippen molar-refractivity contribution in [1.29, 1.82) is 0 Å². The largest absolute Gasteiger partial charge is 0.453 e. The van der Waals surface area contributed by atoms with Crippen molar-refractivity contribution in [1.82, 2.24) is 19.8 Å². The van der Waals surface area contributed by atoms with Crippen LogP contribution < -0.4 is 4.74 Å². The lowest BCUT2D eigenvalue weighted by Crippen LogP contribution is -2.28. The van der Waals surface area contributed by atoms with Gasteiger partial charge in [0.2, 0.25) is 5.91 Å². The second-order valence-electron chi connectivity index (χ2n) is 11.3. The Hall–Kier alpha value is -4.96. The number of amides is 2. The molecule has 5 rings (SSSR count). The number of carbonyl (C=O) groups excluding carboxylic acids is 3. The minimum absolute atomic E-state index is 0.0330. The van der Waals surface area contributed by atoms with Crippen LogP contribution in [0.3, 0.4) is 0 Å². The minimum atomic E-state index is -0.578. The molecule has 0 aliphatic rings. The van der Waals surface area contributed by atoms with Crippen molar-refractivity contribution < 1.29 is 23.5 Å². The zero-order valence-electron chi connectivity index (χ0n) is 26.2. The fraction of sp³-hybridized carbons (Fsp3) is 0.250. The van der Waals surface area contributed by atoms with Gasteiger partial charge in [0, 0.05) is 71.0 Å². The highest BCUT2D eigenvalue weighted by atomic mass is 32.1. The van der Waals surface area contributed by atoms with Crippen LogP contribution in [0.2, 0.25) is 0 Å². The van der Waals surface area contributed by atoms with E-state index in [9.17, 15) is 14.4 Å². The normalized spacial score (nSPS) is 11.0. The first-order chi connectivity index (χ1) is 22.1. The molecular weight excluding hydrogens is 603 g/mol. The second kappa shape index (κ2) is 14.4. The van der Waals surface area contributed by atoms with Crippen LogP contribution in [-0.2, 0) is 29.0 Å². The molecule has 2 aromatic carbocycles. The summed E-state index contributed by atoms with van der Waals surface area (Å²) in [5, 5.41) is 0. The molecule has 0 saturated carbocycles. The van der Waals surface area contributed by atoms with E-state index in [1.165, 1.54) is 28.4 Å². The third-order valence-electron chi connectivity index (χ3n) is 7.36. The molecule has 0 aliphatic carbocycles. The molecule has 0 N–H and O–H groups in total. The molecule has 0 aliphatic heterocycles. The second-order valence-corrected chi connectivity index (χ2v) is 12.3.